The number of hydrogen-bond donors (Lipinski definition) is 4. The van der Waals surface area contributed by atoms with Crippen LogP contribution in [-0.2, 0) is 58.1 Å². The molecule has 0 heterocycles. The van der Waals surface area contributed by atoms with Crippen molar-refractivity contribution in [2.75, 3.05) is 0 Å². The minimum atomic E-state index is -0.833. The van der Waals surface area contributed by atoms with Gasteiger partial charge in [0.05, 0.1) is 0 Å². The van der Waals surface area contributed by atoms with Crippen molar-refractivity contribution >= 4 is 23.9 Å². The van der Waals surface area contributed by atoms with Gasteiger partial charge >= 0.3 is 0 Å². The number of rotatable bonds is 0. The second kappa shape index (κ2) is 43.0. The van der Waals surface area contributed by atoms with Crippen molar-refractivity contribution in [1.29, 1.82) is 0 Å². The molecule has 12 heteroatoms. The van der Waals surface area contributed by atoms with Gasteiger partial charge in [0.25, 0.3) is 23.9 Å². The van der Waals surface area contributed by atoms with Crippen LogP contribution in [0, 0.1) is 0 Å². The second-order valence-corrected chi connectivity index (χ2v) is 2.08. The van der Waals surface area contributed by atoms with Gasteiger partial charge in [-0.05, 0) is 0 Å². The van der Waals surface area contributed by atoms with Gasteiger partial charge in [-0.1, -0.05) is 0 Å². The minimum absolute atomic E-state index is 0. The number of carbonyl (C=O) groups is 4. The standard InChI is InChI=1S/4C2H4O2.2H2O.2Rh/c4*1-2(3)4;;;;/h4*1H3,(H,3,4);2*1H2;;. The van der Waals surface area contributed by atoms with Gasteiger partial charge in [0.2, 0.25) is 0 Å². The molecule has 0 rings (SSSR count). The van der Waals surface area contributed by atoms with Crippen LogP contribution in [0.2, 0.25) is 0 Å². The molecule has 0 fully saturated rings. The SMILES string of the molecule is CC(=O)O.CC(=O)O.CC(=O)O.CC(=O)O.O.O.[Rh].[Rh]. The van der Waals surface area contributed by atoms with E-state index < -0.39 is 23.9 Å². The molecule has 0 aliphatic carbocycles. The maximum absolute atomic E-state index is 9.00. The van der Waals surface area contributed by atoms with Crippen LogP contribution in [0.15, 0.2) is 0 Å². The summed E-state index contributed by atoms with van der Waals surface area (Å²) in [4.78, 5) is 36.0. The molecule has 0 unspecified atom stereocenters. The van der Waals surface area contributed by atoms with Crippen molar-refractivity contribution < 1.29 is 89.5 Å². The summed E-state index contributed by atoms with van der Waals surface area (Å²) in [5.41, 5.74) is 0. The number of hydrogen-bond acceptors (Lipinski definition) is 4. The fraction of sp³-hybridized carbons (Fsp3) is 0.500. The van der Waals surface area contributed by atoms with Gasteiger partial charge < -0.3 is 31.4 Å². The Balaban J connectivity index is -0.0000000150. The van der Waals surface area contributed by atoms with E-state index in [1.165, 1.54) is 0 Å². The summed E-state index contributed by atoms with van der Waals surface area (Å²) in [6.07, 6.45) is 0. The molecule has 0 amide bonds. The van der Waals surface area contributed by atoms with Crippen LogP contribution in [0.3, 0.4) is 0 Å². The Morgan fingerprint density at radius 1 is 0.500 bits per heavy atom. The molecular weight excluding hydrogens is 462 g/mol. The molecule has 0 bridgehead atoms. The van der Waals surface area contributed by atoms with Crippen LogP contribution in [0.5, 0.6) is 0 Å². The van der Waals surface area contributed by atoms with E-state index in [1.54, 1.807) is 0 Å². The van der Waals surface area contributed by atoms with Crippen molar-refractivity contribution in [3.05, 3.63) is 0 Å². The summed E-state index contributed by atoms with van der Waals surface area (Å²) >= 11 is 0. The van der Waals surface area contributed by atoms with E-state index in [9.17, 15) is 0 Å². The molecule has 0 atom stereocenters. The molecule has 0 aromatic rings. The average molecular weight is 482 g/mol. The molecule has 0 aromatic carbocycles. The van der Waals surface area contributed by atoms with Gasteiger partial charge in [0.1, 0.15) is 0 Å². The van der Waals surface area contributed by atoms with Crippen molar-refractivity contribution in [2.45, 2.75) is 27.7 Å². The van der Waals surface area contributed by atoms with Gasteiger partial charge in [0.15, 0.2) is 0 Å². The first-order valence-corrected chi connectivity index (χ1v) is 3.71. The maximum atomic E-state index is 9.00. The third-order valence-electron chi connectivity index (χ3n) is 0. The van der Waals surface area contributed by atoms with Crippen molar-refractivity contribution in [2.24, 2.45) is 0 Å². The Morgan fingerprint density at radius 3 is 0.500 bits per heavy atom. The second-order valence-electron chi connectivity index (χ2n) is 2.08. The topological polar surface area (TPSA) is 212 Å². The predicted octanol–water partition coefficient (Wildman–Crippen LogP) is -1.29. The van der Waals surface area contributed by atoms with E-state index in [1.807, 2.05) is 0 Å². The summed E-state index contributed by atoms with van der Waals surface area (Å²) in [6, 6.07) is 0. The predicted molar refractivity (Wildman–Crippen MR) is 60.5 cm³/mol. The van der Waals surface area contributed by atoms with E-state index in [4.69, 9.17) is 39.6 Å². The largest absolute Gasteiger partial charge is 0.481 e. The third kappa shape index (κ3) is 4830. The molecule has 0 saturated heterocycles. The van der Waals surface area contributed by atoms with Crippen molar-refractivity contribution in [1.82, 2.24) is 0 Å². The van der Waals surface area contributed by atoms with Crippen LogP contribution in [0.25, 0.3) is 0 Å². The number of carboxylic acid groups (broad SMARTS) is 4. The molecule has 0 saturated carbocycles. The number of carboxylic acids is 4. The van der Waals surface area contributed by atoms with Gasteiger partial charge in [0, 0.05) is 66.7 Å². The van der Waals surface area contributed by atoms with E-state index in [0.29, 0.717) is 0 Å². The Morgan fingerprint density at radius 2 is 0.500 bits per heavy atom. The average Bonchev–Trinajstić information content (AvgIpc) is 1.76. The van der Waals surface area contributed by atoms with Gasteiger partial charge in [-0.25, -0.2) is 0 Å². The normalized spacial score (nSPS) is 5.00. The van der Waals surface area contributed by atoms with Crippen LogP contribution < -0.4 is 0 Å². The quantitative estimate of drug-likeness (QED) is 0.304. The maximum Gasteiger partial charge on any atom is 0.300 e. The Labute approximate surface area is 141 Å². The van der Waals surface area contributed by atoms with E-state index >= 15 is 0 Å². The first-order chi connectivity index (χ1) is 6.93. The molecular formula is C8H20O10Rh2. The van der Waals surface area contributed by atoms with Crippen LogP contribution in [0.1, 0.15) is 27.7 Å². The fourth-order valence-electron chi connectivity index (χ4n) is 0. The zero-order chi connectivity index (χ0) is 14.3. The van der Waals surface area contributed by atoms with E-state index in [-0.39, 0.29) is 49.9 Å². The molecule has 130 valence electrons. The Bertz CT molecular complexity index is 167. The molecule has 0 aliphatic rings. The molecule has 0 spiro atoms. The van der Waals surface area contributed by atoms with Gasteiger partial charge in [-0.15, -0.1) is 0 Å². The fourth-order valence-corrected chi connectivity index (χ4v) is 0. The summed E-state index contributed by atoms with van der Waals surface area (Å²) in [6.45, 7) is 4.33. The van der Waals surface area contributed by atoms with E-state index in [0.717, 1.165) is 27.7 Å². The smallest absolute Gasteiger partial charge is 0.300 e. The van der Waals surface area contributed by atoms with Gasteiger partial charge in [-0.2, -0.15) is 0 Å². The summed E-state index contributed by atoms with van der Waals surface area (Å²) in [5.74, 6) is -3.33. The Kier molecular flexibility index (Phi) is 109. The Hall–Kier alpha value is -0.953. The molecule has 2 radical (unpaired) electrons. The minimum Gasteiger partial charge on any atom is -0.481 e. The molecule has 20 heavy (non-hydrogen) atoms. The summed E-state index contributed by atoms with van der Waals surface area (Å²) in [7, 11) is 0. The van der Waals surface area contributed by atoms with Crippen LogP contribution in [0.4, 0.5) is 0 Å². The number of aliphatic carboxylic acids is 4. The zero-order valence-corrected chi connectivity index (χ0v) is 14.4. The van der Waals surface area contributed by atoms with Crippen LogP contribution >= 0.6 is 0 Å². The molecule has 8 N–H and O–H groups in total. The summed E-state index contributed by atoms with van der Waals surface area (Å²) in [5, 5.41) is 29.7. The monoisotopic (exact) mass is 482 g/mol. The van der Waals surface area contributed by atoms with Crippen LogP contribution in [-0.4, -0.2) is 55.3 Å². The van der Waals surface area contributed by atoms with E-state index in [2.05, 4.69) is 0 Å². The van der Waals surface area contributed by atoms with Gasteiger partial charge in [-0.3, -0.25) is 19.2 Å². The zero-order valence-electron chi connectivity index (χ0n) is 11.1. The first kappa shape index (κ1) is 50.8. The van der Waals surface area contributed by atoms with Crippen molar-refractivity contribution in [3.8, 4) is 0 Å². The first-order valence-electron chi connectivity index (χ1n) is 3.71. The third-order valence-corrected chi connectivity index (χ3v) is 0. The summed E-state index contributed by atoms with van der Waals surface area (Å²) < 4.78 is 0. The van der Waals surface area contributed by atoms with Crippen molar-refractivity contribution in [3.63, 3.8) is 0 Å². The molecule has 0 aromatic heterocycles. The molecule has 0 aliphatic heterocycles. The molecule has 10 nitrogen and oxygen atoms in total.